The largest absolute Gasteiger partial charge is 0.484 e. The monoisotopic (exact) mass is 478 g/mol. The Bertz CT molecular complexity index is 937. The molecule has 0 unspecified atom stereocenters. The maximum atomic E-state index is 13.1. The smallest absolute Gasteiger partial charge is 0.261 e. The van der Waals surface area contributed by atoms with Crippen LogP contribution < -0.4 is 10.1 Å². The molecule has 174 valence electrons. The lowest BCUT2D eigenvalue weighted by Crippen LogP contribution is -2.53. The van der Waals surface area contributed by atoms with Crippen molar-refractivity contribution in [1.29, 1.82) is 0 Å². The van der Waals surface area contributed by atoms with E-state index in [4.69, 9.17) is 27.9 Å². The number of hydrogen-bond acceptors (Lipinski definition) is 3. The van der Waals surface area contributed by atoms with Crippen LogP contribution in [0.5, 0.6) is 5.75 Å². The molecule has 0 saturated carbocycles. The average molecular weight is 479 g/mol. The number of carbonyl (C=O) groups is 2. The van der Waals surface area contributed by atoms with Gasteiger partial charge in [-0.25, -0.2) is 0 Å². The summed E-state index contributed by atoms with van der Waals surface area (Å²) < 4.78 is 5.72. The van der Waals surface area contributed by atoms with Gasteiger partial charge >= 0.3 is 0 Å². The van der Waals surface area contributed by atoms with Gasteiger partial charge in [0.25, 0.3) is 5.91 Å². The molecule has 7 heteroatoms. The van der Waals surface area contributed by atoms with Crippen LogP contribution in [-0.2, 0) is 16.1 Å². The van der Waals surface area contributed by atoms with Crippen molar-refractivity contribution in [3.8, 4) is 5.75 Å². The highest BCUT2D eigenvalue weighted by Crippen LogP contribution is 2.24. The fourth-order valence-electron chi connectivity index (χ4n) is 3.07. The molecule has 2 rings (SSSR count). The van der Waals surface area contributed by atoms with E-state index in [0.717, 1.165) is 5.56 Å². The number of amides is 2. The minimum absolute atomic E-state index is 0.185. The van der Waals surface area contributed by atoms with Crippen LogP contribution in [0.3, 0.4) is 0 Å². The third-order valence-electron chi connectivity index (χ3n) is 4.91. The zero-order valence-electron chi connectivity index (χ0n) is 19.5. The Labute approximate surface area is 201 Å². The van der Waals surface area contributed by atoms with E-state index in [1.165, 1.54) is 10.5 Å². The molecule has 0 heterocycles. The van der Waals surface area contributed by atoms with E-state index in [-0.39, 0.29) is 25.0 Å². The first-order valence-electron chi connectivity index (χ1n) is 10.7. The number of carbonyl (C=O) groups excluding carboxylic acids is 2. The number of hydrogen-bond donors (Lipinski definition) is 1. The molecule has 0 aliphatic rings. The van der Waals surface area contributed by atoms with E-state index in [1.54, 1.807) is 25.1 Å². The lowest BCUT2D eigenvalue weighted by Gasteiger charge is -2.31. The highest BCUT2D eigenvalue weighted by Gasteiger charge is 2.28. The lowest BCUT2D eigenvalue weighted by molar-refractivity contribution is -0.142. The molecule has 0 bridgehead atoms. The molecular weight excluding hydrogens is 447 g/mol. The normalized spacial score (nSPS) is 12.4. The number of benzene rings is 2. The first-order chi connectivity index (χ1) is 14.9. The molecule has 5 nitrogen and oxygen atoms in total. The second-order valence-corrected chi connectivity index (χ2v) is 10.0. The van der Waals surface area contributed by atoms with Crippen molar-refractivity contribution < 1.29 is 14.3 Å². The third kappa shape index (κ3) is 7.72. The Morgan fingerprint density at radius 3 is 2.16 bits per heavy atom. The first-order valence-corrected chi connectivity index (χ1v) is 11.4. The van der Waals surface area contributed by atoms with Crippen LogP contribution in [0.2, 0.25) is 10.0 Å². The van der Waals surface area contributed by atoms with Crippen LogP contribution in [0.25, 0.3) is 0 Å². The predicted molar refractivity (Wildman–Crippen MR) is 130 cm³/mol. The molecule has 32 heavy (non-hydrogen) atoms. The molecular formula is C25H32Cl2N2O3. The van der Waals surface area contributed by atoms with Crippen molar-refractivity contribution in [2.75, 3.05) is 6.61 Å². The number of halogens is 2. The maximum absolute atomic E-state index is 13.1. The number of ether oxygens (including phenoxy) is 1. The number of nitrogens with zero attached hydrogens (tertiary/aromatic N) is 1. The van der Waals surface area contributed by atoms with Crippen LogP contribution in [-0.4, -0.2) is 34.9 Å². The Morgan fingerprint density at radius 2 is 1.62 bits per heavy atom. The van der Waals surface area contributed by atoms with Crippen molar-refractivity contribution in [3.63, 3.8) is 0 Å². The Hall–Kier alpha value is -2.24. The maximum Gasteiger partial charge on any atom is 0.261 e. The van der Waals surface area contributed by atoms with Crippen LogP contribution in [0.4, 0.5) is 0 Å². The summed E-state index contributed by atoms with van der Waals surface area (Å²) in [7, 11) is 0. The molecule has 0 saturated heterocycles. The predicted octanol–water partition coefficient (Wildman–Crippen LogP) is 5.83. The topological polar surface area (TPSA) is 58.6 Å². The van der Waals surface area contributed by atoms with Crippen LogP contribution in [0, 0.1) is 0 Å². The van der Waals surface area contributed by atoms with Gasteiger partial charge in [-0.1, -0.05) is 55.2 Å². The van der Waals surface area contributed by atoms with Crippen molar-refractivity contribution in [1.82, 2.24) is 10.2 Å². The van der Waals surface area contributed by atoms with E-state index in [0.29, 0.717) is 21.7 Å². The van der Waals surface area contributed by atoms with Gasteiger partial charge in [0.1, 0.15) is 11.8 Å². The van der Waals surface area contributed by atoms with Gasteiger partial charge in [-0.15, -0.1) is 0 Å². The molecule has 2 aromatic carbocycles. The van der Waals surface area contributed by atoms with Gasteiger partial charge in [0.15, 0.2) is 6.61 Å². The summed E-state index contributed by atoms with van der Waals surface area (Å²) in [5, 5.41) is 3.75. The molecule has 1 N–H and O–H groups in total. The van der Waals surface area contributed by atoms with Gasteiger partial charge in [-0.2, -0.15) is 0 Å². The third-order valence-corrected chi connectivity index (χ3v) is 5.65. The summed E-state index contributed by atoms with van der Waals surface area (Å²) in [6, 6.07) is 12.1. The first kappa shape index (κ1) is 26.0. The zero-order valence-corrected chi connectivity index (χ0v) is 21.1. The van der Waals surface area contributed by atoms with Crippen LogP contribution in [0.15, 0.2) is 42.5 Å². The van der Waals surface area contributed by atoms with Crippen LogP contribution >= 0.6 is 23.2 Å². The summed E-state index contributed by atoms with van der Waals surface area (Å²) in [5.41, 5.74) is 1.54. The van der Waals surface area contributed by atoms with Crippen molar-refractivity contribution in [2.24, 2.45) is 0 Å². The molecule has 0 radical (unpaired) electrons. The highest BCUT2D eigenvalue weighted by molar-refractivity contribution is 6.42. The van der Waals surface area contributed by atoms with Gasteiger partial charge < -0.3 is 15.0 Å². The van der Waals surface area contributed by atoms with Crippen LogP contribution in [0.1, 0.15) is 58.6 Å². The zero-order chi connectivity index (χ0) is 24.1. The standard InChI is InChI=1S/C25H32Cl2N2O3/c1-16(2)19-8-10-20(11-9-19)32-15-23(30)29(17(3)24(31)28-25(4,5)6)14-18-7-12-21(26)22(27)13-18/h7-13,16-17H,14-15H2,1-6H3,(H,28,31)/t17-/m1/s1. The summed E-state index contributed by atoms with van der Waals surface area (Å²) in [6.45, 7) is 11.6. The minimum Gasteiger partial charge on any atom is -0.484 e. The fourth-order valence-corrected chi connectivity index (χ4v) is 3.39. The second-order valence-electron chi connectivity index (χ2n) is 9.20. The van der Waals surface area contributed by atoms with Crippen molar-refractivity contribution >= 4 is 35.0 Å². The quantitative estimate of drug-likeness (QED) is 0.519. The summed E-state index contributed by atoms with van der Waals surface area (Å²) >= 11 is 12.2. The SMILES string of the molecule is CC(C)c1ccc(OCC(=O)N(Cc2ccc(Cl)c(Cl)c2)[C@H](C)C(=O)NC(C)(C)C)cc1. The fraction of sp³-hybridized carbons (Fsp3) is 0.440. The Morgan fingerprint density at radius 1 is 1.00 bits per heavy atom. The van der Waals surface area contributed by atoms with Gasteiger partial charge in [0.2, 0.25) is 5.91 Å². The van der Waals surface area contributed by atoms with Gasteiger partial charge in [-0.3, -0.25) is 9.59 Å². The molecule has 2 aromatic rings. The van der Waals surface area contributed by atoms with Gasteiger partial charge in [-0.05, 0) is 69.0 Å². The van der Waals surface area contributed by atoms with E-state index in [9.17, 15) is 9.59 Å². The molecule has 1 atom stereocenters. The number of nitrogens with one attached hydrogen (secondary N) is 1. The summed E-state index contributed by atoms with van der Waals surface area (Å²) in [4.78, 5) is 27.4. The van der Waals surface area contributed by atoms with E-state index >= 15 is 0 Å². The second kappa shape index (κ2) is 11.1. The molecule has 2 amide bonds. The Kier molecular flexibility index (Phi) is 8.99. The Balaban J connectivity index is 2.18. The average Bonchev–Trinajstić information content (AvgIpc) is 2.71. The van der Waals surface area contributed by atoms with E-state index < -0.39 is 11.6 Å². The molecule has 0 aliphatic heterocycles. The molecule has 0 aromatic heterocycles. The van der Waals surface area contributed by atoms with E-state index in [1.807, 2.05) is 45.0 Å². The van der Waals surface area contributed by atoms with E-state index in [2.05, 4.69) is 19.2 Å². The lowest BCUT2D eigenvalue weighted by atomic mass is 10.0. The summed E-state index contributed by atoms with van der Waals surface area (Å²) in [5.74, 6) is 0.464. The highest BCUT2D eigenvalue weighted by atomic mass is 35.5. The number of rotatable bonds is 8. The van der Waals surface area contributed by atoms with Crippen molar-refractivity contribution in [2.45, 2.75) is 65.6 Å². The van der Waals surface area contributed by atoms with Gasteiger partial charge in [0, 0.05) is 12.1 Å². The molecule has 0 spiro atoms. The molecule has 0 fully saturated rings. The molecule has 0 aliphatic carbocycles. The minimum atomic E-state index is -0.705. The van der Waals surface area contributed by atoms with Gasteiger partial charge in [0.05, 0.1) is 10.0 Å². The van der Waals surface area contributed by atoms with Crippen molar-refractivity contribution in [3.05, 3.63) is 63.6 Å². The summed E-state index contributed by atoms with van der Waals surface area (Å²) in [6.07, 6.45) is 0.